The number of piperidine rings is 1. The summed E-state index contributed by atoms with van der Waals surface area (Å²) in [7, 11) is 0. The molecule has 0 radical (unpaired) electrons. The Morgan fingerprint density at radius 2 is 2.16 bits per heavy atom. The second-order valence-corrected chi connectivity index (χ2v) is 4.48. The summed E-state index contributed by atoms with van der Waals surface area (Å²) in [6, 6.07) is 0.806. The molecule has 106 valence electrons. The molecule has 0 aromatic carbocycles. The molecule has 2 atom stereocenters. The molecule has 0 spiro atoms. The maximum Gasteiger partial charge on any atom is 0.433 e. The number of rotatable bonds is 2. The van der Waals surface area contributed by atoms with Crippen LogP contribution in [0.15, 0.2) is 12.3 Å². The lowest BCUT2D eigenvalue weighted by Crippen LogP contribution is -2.45. The highest BCUT2D eigenvalue weighted by molar-refractivity contribution is 5.32. The van der Waals surface area contributed by atoms with Gasteiger partial charge in [-0.05, 0) is 12.5 Å². The van der Waals surface area contributed by atoms with Crippen molar-refractivity contribution in [3.63, 3.8) is 0 Å². The summed E-state index contributed by atoms with van der Waals surface area (Å²) >= 11 is 0. The molecule has 1 aliphatic rings. The number of nitrogens with zero attached hydrogens (tertiary/aromatic N) is 3. The normalized spacial score (nSPS) is 24.6. The molecule has 0 unspecified atom stereocenters. The Balaban J connectivity index is 2.15. The Hall–Kier alpha value is -1.41. The third kappa shape index (κ3) is 3.13. The second-order valence-electron chi connectivity index (χ2n) is 4.48. The smallest absolute Gasteiger partial charge is 0.396 e. The first-order chi connectivity index (χ1) is 8.91. The summed E-state index contributed by atoms with van der Waals surface area (Å²) < 4.78 is 37.6. The SMILES string of the molecule is OC[C@H]1CCN(c2nccc(C(F)(F)F)n2)C[C@@H]1O. The zero-order valence-corrected chi connectivity index (χ0v) is 10.0. The lowest BCUT2D eigenvalue weighted by Gasteiger charge is -2.35. The summed E-state index contributed by atoms with van der Waals surface area (Å²) in [4.78, 5) is 8.76. The highest BCUT2D eigenvalue weighted by Gasteiger charge is 2.34. The molecule has 1 fully saturated rings. The molecule has 8 heteroatoms. The zero-order chi connectivity index (χ0) is 14.0. The quantitative estimate of drug-likeness (QED) is 0.831. The van der Waals surface area contributed by atoms with Gasteiger partial charge >= 0.3 is 6.18 Å². The monoisotopic (exact) mass is 277 g/mol. The van der Waals surface area contributed by atoms with E-state index in [0.717, 1.165) is 12.3 Å². The van der Waals surface area contributed by atoms with Crippen LogP contribution in [0.3, 0.4) is 0 Å². The fourth-order valence-electron chi connectivity index (χ4n) is 2.03. The number of aromatic nitrogens is 2. The third-order valence-electron chi connectivity index (χ3n) is 3.17. The van der Waals surface area contributed by atoms with Crippen LogP contribution in [0.4, 0.5) is 19.1 Å². The van der Waals surface area contributed by atoms with Gasteiger partial charge in [-0.25, -0.2) is 9.97 Å². The van der Waals surface area contributed by atoms with Crippen LogP contribution in [-0.2, 0) is 6.18 Å². The summed E-state index contributed by atoms with van der Waals surface area (Å²) in [5, 5.41) is 18.8. The van der Waals surface area contributed by atoms with E-state index >= 15 is 0 Å². The average Bonchev–Trinajstić information content (AvgIpc) is 2.38. The van der Waals surface area contributed by atoms with Gasteiger partial charge in [0.05, 0.1) is 6.10 Å². The largest absolute Gasteiger partial charge is 0.433 e. The van der Waals surface area contributed by atoms with Crippen LogP contribution >= 0.6 is 0 Å². The van der Waals surface area contributed by atoms with Crippen molar-refractivity contribution < 1.29 is 23.4 Å². The summed E-state index contributed by atoms with van der Waals surface area (Å²) in [5.74, 6) is -0.299. The Morgan fingerprint density at radius 3 is 2.74 bits per heavy atom. The molecule has 0 amide bonds. The number of alkyl halides is 3. The first kappa shape index (κ1) is 14.0. The topological polar surface area (TPSA) is 69.5 Å². The first-order valence-corrected chi connectivity index (χ1v) is 5.86. The molecule has 5 nitrogen and oxygen atoms in total. The van der Waals surface area contributed by atoms with Crippen molar-refractivity contribution >= 4 is 5.95 Å². The van der Waals surface area contributed by atoms with E-state index in [4.69, 9.17) is 5.11 Å². The Morgan fingerprint density at radius 1 is 1.42 bits per heavy atom. The highest BCUT2D eigenvalue weighted by atomic mass is 19.4. The number of aliphatic hydroxyl groups is 2. The molecule has 0 aliphatic carbocycles. The molecule has 19 heavy (non-hydrogen) atoms. The minimum Gasteiger partial charge on any atom is -0.396 e. The number of halogens is 3. The molecular weight excluding hydrogens is 263 g/mol. The van der Waals surface area contributed by atoms with Gasteiger partial charge in [0.25, 0.3) is 0 Å². The summed E-state index contributed by atoms with van der Waals surface area (Å²) in [6.45, 7) is 0.384. The van der Waals surface area contributed by atoms with Crippen molar-refractivity contribution in [2.45, 2.75) is 18.7 Å². The standard InChI is InChI=1S/C11H14F3N3O2/c12-11(13,14)9-1-3-15-10(16-9)17-4-2-7(6-18)8(19)5-17/h1,3,7-8,18-19H,2,4-6H2/t7-,8+/m1/s1. The van der Waals surface area contributed by atoms with Gasteiger partial charge in [-0.2, -0.15) is 13.2 Å². The molecule has 1 saturated heterocycles. The van der Waals surface area contributed by atoms with E-state index in [1.54, 1.807) is 0 Å². The fraction of sp³-hybridized carbons (Fsp3) is 0.636. The van der Waals surface area contributed by atoms with Gasteiger partial charge in [-0.15, -0.1) is 0 Å². The highest BCUT2D eigenvalue weighted by Crippen LogP contribution is 2.29. The van der Waals surface area contributed by atoms with Crippen molar-refractivity contribution in [1.29, 1.82) is 0 Å². The van der Waals surface area contributed by atoms with E-state index in [0.29, 0.717) is 13.0 Å². The van der Waals surface area contributed by atoms with Crippen molar-refractivity contribution in [2.75, 3.05) is 24.6 Å². The second kappa shape index (κ2) is 5.30. The maximum absolute atomic E-state index is 12.5. The Kier molecular flexibility index (Phi) is 3.91. The van der Waals surface area contributed by atoms with E-state index in [-0.39, 0.29) is 25.0 Å². The van der Waals surface area contributed by atoms with Gasteiger partial charge in [-0.3, -0.25) is 0 Å². The van der Waals surface area contributed by atoms with Crippen molar-refractivity contribution in [2.24, 2.45) is 5.92 Å². The molecule has 2 heterocycles. The molecule has 1 aromatic rings. The van der Waals surface area contributed by atoms with E-state index in [9.17, 15) is 18.3 Å². The maximum atomic E-state index is 12.5. The minimum absolute atomic E-state index is 0.0507. The van der Waals surface area contributed by atoms with E-state index in [1.165, 1.54) is 4.90 Å². The van der Waals surface area contributed by atoms with Crippen LogP contribution in [0.25, 0.3) is 0 Å². The van der Waals surface area contributed by atoms with E-state index in [2.05, 4.69) is 9.97 Å². The number of aliphatic hydroxyl groups excluding tert-OH is 2. The van der Waals surface area contributed by atoms with Crippen LogP contribution in [0.1, 0.15) is 12.1 Å². The van der Waals surface area contributed by atoms with Gasteiger partial charge in [0.2, 0.25) is 5.95 Å². The summed E-state index contributed by atoms with van der Waals surface area (Å²) in [6.07, 6.45) is -3.77. The number of hydrogen-bond donors (Lipinski definition) is 2. The van der Waals surface area contributed by atoms with Gasteiger partial charge in [0.15, 0.2) is 0 Å². The number of anilines is 1. The van der Waals surface area contributed by atoms with Gasteiger partial charge < -0.3 is 15.1 Å². The van der Waals surface area contributed by atoms with Crippen molar-refractivity contribution in [3.8, 4) is 0 Å². The fourth-order valence-corrected chi connectivity index (χ4v) is 2.03. The van der Waals surface area contributed by atoms with Crippen molar-refractivity contribution in [1.82, 2.24) is 9.97 Å². The predicted octanol–water partition coefficient (Wildman–Crippen LogP) is 0.675. The molecule has 0 bridgehead atoms. The Labute approximate surface area is 107 Å². The predicted molar refractivity (Wildman–Crippen MR) is 60.4 cm³/mol. The van der Waals surface area contributed by atoms with Crippen LogP contribution in [0, 0.1) is 5.92 Å². The third-order valence-corrected chi connectivity index (χ3v) is 3.17. The lowest BCUT2D eigenvalue weighted by atomic mass is 9.95. The number of hydrogen-bond acceptors (Lipinski definition) is 5. The first-order valence-electron chi connectivity index (χ1n) is 5.86. The molecule has 2 N–H and O–H groups in total. The molecule has 2 rings (SSSR count). The van der Waals surface area contributed by atoms with Crippen LogP contribution in [0.2, 0.25) is 0 Å². The average molecular weight is 277 g/mol. The number of β-amino-alcohol motifs (C(OH)–C–C–N with tert-alkyl or cyclic N) is 1. The zero-order valence-electron chi connectivity index (χ0n) is 10.0. The molecule has 1 aliphatic heterocycles. The van der Waals surface area contributed by atoms with Crippen LogP contribution in [0.5, 0.6) is 0 Å². The Bertz CT molecular complexity index is 441. The van der Waals surface area contributed by atoms with Crippen molar-refractivity contribution in [3.05, 3.63) is 18.0 Å². The van der Waals surface area contributed by atoms with E-state index < -0.39 is 18.0 Å². The van der Waals surface area contributed by atoms with Crippen LogP contribution < -0.4 is 4.90 Å². The summed E-state index contributed by atoms with van der Waals surface area (Å²) in [5.41, 5.74) is -1.00. The molecule has 1 aromatic heterocycles. The molecular formula is C11H14F3N3O2. The van der Waals surface area contributed by atoms with Gasteiger partial charge in [0, 0.05) is 31.8 Å². The van der Waals surface area contributed by atoms with Crippen LogP contribution in [-0.4, -0.2) is 46.0 Å². The molecule has 0 saturated carbocycles. The van der Waals surface area contributed by atoms with Gasteiger partial charge in [0.1, 0.15) is 5.69 Å². The minimum atomic E-state index is -4.51. The lowest BCUT2D eigenvalue weighted by molar-refractivity contribution is -0.141. The van der Waals surface area contributed by atoms with E-state index in [1.807, 2.05) is 0 Å². The van der Waals surface area contributed by atoms with Gasteiger partial charge in [-0.1, -0.05) is 0 Å².